The van der Waals surface area contributed by atoms with Crippen LogP contribution in [0.15, 0.2) is 12.7 Å². The molecule has 0 heterocycles. The first-order chi connectivity index (χ1) is 2.41. The molecule has 0 bridgehead atoms. The lowest BCUT2D eigenvalue weighted by Crippen LogP contribution is -1.84. The summed E-state index contributed by atoms with van der Waals surface area (Å²) in [4.78, 5) is 0. The van der Waals surface area contributed by atoms with Gasteiger partial charge in [0.15, 0.2) is 0 Å². The van der Waals surface area contributed by atoms with Crippen molar-refractivity contribution >= 4 is 0 Å². The lowest BCUT2D eigenvalue weighted by Gasteiger charge is -1.72. The molecule has 0 spiro atoms. The van der Waals surface area contributed by atoms with Crippen molar-refractivity contribution in [3.05, 3.63) is 19.2 Å². The SMILES string of the molecule is C=CC[C]N. The van der Waals surface area contributed by atoms with E-state index >= 15 is 0 Å². The molecule has 2 N–H and O–H groups in total. The zero-order valence-electron chi connectivity index (χ0n) is 3.07. The third-order valence-corrected chi connectivity index (χ3v) is 0.262. The number of nitrogens with two attached hydrogens (primary N) is 1. The summed E-state index contributed by atoms with van der Waals surface area (Å²) in [6, 6.07) is 0. The summed E-state index contributed by atoms with van der Waals surface area (Å²) in [5.74, 6) is 0. The standard InChI is InChI=1S/C4H7N/c1-2-3-4-5/h2H,1,3,5H2. The summed E-state index contributed by atoms with van der Waals surface area (Å²) in [6.07, 6.45) is 2.38. The third-order valence-electron chi connectivity index (χ3n) is 0.262. The van der Waals surface area contributed by atoms with Gasteiger partial charge < -0.3 is 5.73 Å². The van der Waals surface area contributed by atoms with Crippen LogP contribution in [0.5, 0.6) is 0 Å². The van der Waals surface area contributed by atoms with Crippen LogP contribution in [0.3, 0.4) is 0 Å². The molecule has 5 heavy (non-hydrogen) atoms. The Balaban J connectivity index is 2.40. The van der Waals surface area contributed by atoms with Crippen LogP contribution < -0.4 is 5.73 Å². The van der Waals surface area contributed by atoms with Gasteiger partial charge in [0.2, 0.25) is 0 Å². The minimum absolute atomic E-state index is 0.681. The van der Waals surface area contributed by atoms with Gasteiger partial charge in [0, 0.05) is 0 Å². The molecule has 0 aliphatic rings. The van der Waals surface area contributed by atoms with Crippen LogP contribution in [-0.2, 0) is 0 Å². The van der Waals surface area contributed by atoms with Gasteiger partial charge >= 0.3 is 0 Å². The van der Waals surface area contributed by atoms with E-state index in [2.05, 4.69) is 13.1 Å². The fraction of sp³-hybridized carbons (Fsp3) is 0.250. The van der Waals surface area contributed by atoms with Gasteiger partial charge in [-0.05, 0) is 6.42 Å². The number of rotatable bonds is 2. The highest BCUT2D eigenvalue weighted by atomic mass is 14.5. The second-order valence-corrected chi connectivity index (χ2v) is 0.697. The Bertz CT molecular complexity index is 24.8. The van der Waals surface area contributed by atoms with E-state index in [1.807, 2.05) is 0 Å². The largest absolute Gasteiger partial charge is 0.322 e. The third kappa shape index (κ3) is 3.70. The van der Waals surface area contributed by atoms with Crippen LogP contribution >= 0.6 is 0 Å². The fourth-order valence-electron chi connectivity index (χ4n) is 0.0833. The fourth-order valence-corrected chi connectivity index (χ4v) is 0.0833. The molecule has 0 saturated carbocycles. The maximum absolute atomic E-state index is 4.82. The van der Waals surface area contributed by atoms with Gasteiger partial charge in [0.25, 0.3) is 0 Å². The highest BCUT2D eigenvalue weighted by Gasteiger charge is 1.63. The predicted molar refractivity (Wildman–Crippen MR) is 22.2 cm³/mol. The molecule has 0 aromatic rings. The van der Waals surface area contributed by atoms with Crippen molar-refractivity contribution in [3.63, 3.8) is 0 Å². The maximum atomic E-state index is 4.82. The van der Waals surface area contributed by atoms with E-state index in [9.17, 15) is 0 Å². The number of hydrogen-bond donors (Lipinski definition) is 1. The molecular weight excluding hydrogens is 62.1 g/mol. The molecule has 0 fully saturated rings. The van der Waals surface area contributed by atoms with E-state index in [1.165, 1.54) is 0 Å². The van der Waals surface area contributed by atoms with Crippen LogP contribution in [0.1, 0.15) is 6.42 Å². The average molecular weight is 69.1 g/mol. The molecule has 0 rings (SSSR count). The van der Waals surface area contributed by atoms with Crippen LogP contribution in [0.4, 0.5) is 0 Å². The van der Waals surface area contributed by atoms with E-state index in [0.717, 1.165) is 0 Å². The first-order valence-electron chi connectivity index (χ1n) is 1.46. The molecule has 28 valence electrons. The summed E-state index contributed by atoms with van der Waals surface area (Å²) >= 11 is 0. The Hall–Kier alpha value is -0.300. The summed E-state index contributed by atoms with van der Waals surface area (Å²) in [5, 5.41) is 0. The van der Waals surface area contributed by atoms with E-state index in [0.29, 0.717) is 6.42 Å². The van der Waals surface area contributed by atoms with Gasteiger partial charge in [-0.15, -0.1) is 6.58 Å². The molecular formula is C4H7N. The van der Waals surface area contributed by atoms with Gasteiger partial charge in [-0.25, -0.2) is 0 Å². The monoisotopic (exact) mass is 69.1 g/mol. The Morgan fingerprint density at radius 3 is 2.60 bits per heavy atom. The summed E-state index contributed by atoms with van der Waals surface area (Å²) in [7, 11) is 0. The minimum Gasteiger partial charge on any atom is -0.322 e. The van der Waals surface area contributed by atoms with E-state index in [4.69, 9.17) is 5.73 Å². The van der Waals surface area contributed by atoms with Crippen molar-refractivity contribution in [3.8, 4) is 0 Å². The van der Waals surface area contributed by atoms with Gasteiger partial charge in [-0.1, -0.05) is 6.08 Å². The Morgan fingerprint density at radius 1 is 2.00 bits per heavy atom. The maximum Gasteiger partial charge on any atom is 0.0597 e. The lowest BCUT2D eigenvalue weighted by molar-refractivity contribution is 1.17. The summed E-state index contributed by atoms with van der Waals surface area (Å²) < 4.78 is 0. The van der Waals surface area contributed by atoms with Gasteiger partial charge in [0.05, 0.1) is 6.54 Å². The lowest BCUT2D eigenvalue weighted by atomic mass is 10.4. The molecule has 0 unspecified atom stereocenters. The first kappa shape index (κ1) is 4.70. The molecule has 2 radical (unpaired) electrons. The van der Waals surface area contributed by atoms with E-state index < -0.39 is 0 Å². The van der Waals surface area contributed by atoms with E-state index in [1.54, 1.807) is 6.08 Å². The van der Waals surface area contributed by atoms with Crippen LogP contribution in [0, 0.1) is 6.54 Å². The van der Waals surface area contributed by atoms with Gasteiger partial charge in [-0.2, -0.15) is 0 Å². The van der Waals surface area contributed by atoms with Crippen LogP contribution in [-0.4, -0.2) is 0 Å². The van der Waals surface area contributed by atoms with Crippen LogP contribution in [0.25, 0.3) is 0 Å². The van der Waals surface area contributed by atoms with Crippen molar-refractivity contribution in [1.82, 2.24) is 0 Å². The van der Waals surface area contributed by atoms with Crippen molar-refractivity contribution in [2.24, 2.45) is 5.73 Å². The first-order valence-corrected chi connectivity index (χ1v) is 1.46. The molecule has 0 saturated heterocycles. The predicted octanol–water partition coefficient (Wildman–Crippen LogP) is 0.560. The molecule has 0 aromatic carbocycles. The van der Waals surface area contributed by atoms with Gasteiger partial charge in [0.1, 0.15) is 0 Å². The van der Waals surface area contributed by atoms with Crippen molar-refractivity contribution < 1.29 is 0 Å². The second-order valence-electron chi connectivity index (χ2n) is 0.697. The summed E-state index contributed by atoms with van der Waals surface area (Å²) in [5.41, 5.74) is 4.82. The zero-order valence-corrected chi connectivity index (χ0v) is 3.07. The second kappa shape index (κ2) is 3.70. The van der Waals surface area contributed by atoms with E-state index in [-0.39, 0.29) is 0 Å². The molecule has 1 nitrogen and oxygen atoms in total. The Morgan fingerprint density at radius 2 is 2.60 bits per heavy atom. The normalized spacial score (nSPS) is 7.40. The summed E-state index contributed by atoms with van der Waals surface area (Å²) in [6.45, 7) is 5.81. The molecule has 0 aliphatic heterocycles. The quantitative estimate of drug-likeness (QED) is 0.372. The highest BCUT2D eigenvalue weighted by Crippen LogP contribution is 1.73. The Kier molecular flexibility index (Phi) is 3.48. The Labute approximate surface area is 32.5 Å². The minimum atomic E-state index is 0.681. The van der Waals surface area contributed by atoms with Crippen molar-refractivity contribution in [1.29, 1.82) is 0 Å². The van der Waals surface area contributed by atoms with Gasteiger partial charge in [-0.3, -0.25) is 0 Å². The molecule has 0 aliphatic carbocycles. The number of hydrogen-bond acceptors (Lipinski definition) is 1. The highest BCUT2D eigenvalue weighted by molar-refractivity contribution is 4.72. The average Bonchev–Trinajstić information content (AvgIpc) is 1.41. The molecule has 0 atom stereocenters. The van der Waals surface area contributed by atoms with Crippen molar-refractivity contribution in [2.75, 3.05) is 0 Å². The van der Waals surface area contributed by atoms with Crippen molar-refractivity contribution in [2.45, 2.75) is 6.42 Å². The zero-order chi connectivity index (χ0) is 4.12. The smallest absolute Gasteiger partial charge is 0.0597 e. The molecule has 0 amide bonds. The topological polar surface area (TPSA) is 26.0 Å². The molecule has 1 heteroatoms. The van der Waals surface area contributed by atoms with Crippen LogP contribution in [0.2, 0.25) is 0 Å². The molecule has 0 aromatic heterocycles.